The average Bonchev–Trinajstić information content (AvgIpc) is 2.37. The Labute approximate surface area is 116 Å². The molecular formula is C16H26N2O. The van der Waals surface area contributed by atoms with E-state index in [4.69, 9.17) is 0 Å². The molecule has 3 atom stereocenters. The van der Waals surface area contributed by atoms with E-state index in [1.165, 1.54) is 24.8 Å². The minimum absolute atomic E-state index is 0.336. The van der Waals surface area contributed by atoms with Gasteiger partial charge in [0.2, 0.25) is 0 Å². The number of benzene rings is 1. The number of nitrogens with zero attached hydrogens (tertiary/aromatic N) is 1. The summed E-state index contributed by atoms with van der Waals surface area (Å²) in [4.78, 5) is 0. The first-order valence-corrected chi connectivity index (χ1v) is 7.38. The van der Waals surface area contributed by atoms with Gasteiger partial charge in [0, 0.05) is 18.1 Å². The van der Waals surface area contributed by atoms with Crippen LogP contribution in [0.15, 0.2) is 24.3 Å². The maximum atomic E-state index is 9.30. The van der Waals surface area contributed by atoms with Crippen molar-refractivity contribution in [3.8, 4) is 5.75 Å². The number of rotatable bonds is 4. The third kappa shape index (κ3) is 3.95. The molecule has 1 aliphatic heterocycles. The van der Waals surface area contributed by atoms with E-state index in [0.29, 0.717) is 23.9 Å². The van der Waals surface area contributed by atoms with Crippen LogP contribution in [0.4, 0.5) is 0 Å². The third-order valence-electron chi connectivity index (χ3n) is 4.04. The van der Waals surface area contributed by atoms with E-state index in [1.54, 1.807) is 12.1 Å². The van der Waals surface area contributed by atoms with Crippen LogP contribution in [0.1, 0.15) is 45.6 Å². The van der Waals surface area contributed by atoms with Gasteiger partial charge in [0.15, 0.2) is 0 Å². The first-order valence-electron chi connectivity index (χ1n) is 7.38. The Balaban J connectivity index is 1.89. The highest BCUT2D eigenvalue weighted by Gasteiger charge is 2.25. The predicted octanol–water partition coefficient (Wildman–Crippen LogP) is 3.09. The molecule has 3 nitrogen and oxygen atoms in total. The van der Waals surface area contributed by atoms with Crippen LogP contribution in [-0.2, 0) is 6.42 Å². The summed E-state index contributed by atoms with van der Waals surface area (Å²) in [5.74, 6) is 0.336. The van der Waals surface area contributed by atoms with Crippen molar-refractivity contribution in [1.29, 1.82) is 0 Å². The molecule has 19 heavy (non-hydrogen) atoms. The lowest BCUT2D eigenvalue weighted by Crippen LogP contribution is -2.55. The second-order valence-corrected chi connectivity index (χ2v) is 5.94. The molecule has 2 rings (SSSR count). The molecule has 1 saturated heterocycles. The number of hydrogen-bond donors (Lipinski definition) is 2. The van der Waals surface area contributed by atoms with E-state index in [1.807, 2.05) is 12.1 Å². The zero-order chi connectivity index (χ0) is 13.8. The van der Waals surface area contributed by atoms with E-state index in [9.17, 15) is 5.11 Å². The monoisotopic (exact) mass is 262 g/mol. The molecule has 1 fully saturated rings. The molecule has 1 aromatic carbocycles. The fraction of sp³-hybridized carbons (Fsp3) is 0.625. The van der Waals surface area contributed by atoms with Crippen molar-refractivity contribution in [2.75, 3.05) is 0 Å². The number of hydrazine groups is 1. The minimum Gasteiger partial charge on any atom is -0.508 e. The standard InChI is InChI=1S/C16H26N2O/c1-12(11-15-7-9-16(19)10-8-15)17-18-13(2)5-4-6-14(18)3/h7-10,12-14,17,19H,4-6,11H2,1-3H3. The van der Waals surface area contributed by atoms with E-state index in [2.05, 4.69) is 31.2 Å². The van der Waals surface area contributed by atoms with E-state index in [0.717, 1.165) is 6.42 Å². The quantitative estimate of drug-likeness (QED) is 0.875. The molecule has 0 spiro atoms. The molecule has 0 aromatic heterocycles. The Morgan fingerprint density at radius 2 is 1.79 bits per heavy atom. The van der Waals surface area contributed by atoms with E-state index in [-0.39, 0.29) is 0 Å². The third-order valence-corrected chi connectivity index (χ3v) is 4.04. The fourth-order valence-corrected chi connectivity index (χ4v) is 2.96. The Morgan fingerprint density at radius 3 is 2.37 bits per heavy atom. The first kappa shape index (κ1) is 14.4. The SMILES string of the molecule is CC(Cc1ccc(O)cc1)NN1C(C)CCCC1C. The molecule has 0 aliphatic carbocycles. The summed E-state index contributed by atoms with van der Waals surface area (Å²) in [5, 5.41) is 11.7. The topological polar surface area (TPSA) is 35.5 Å². The molecule has 0 radical (unpaired) electrons. The van der Waals surface area contributed by atoms with Crippen molar-refractivity contribution in [3.05, 3.63) is 29.8 Å². The number of hydrogen-bond acceptors (Lipinski definition) is 3. The van der Waals surface area contributed by atoms with Crippen LogP contribution in [0.5, 0.6) is 5.75 Å². The van der Waals surface area contributed by atoms with Crippen molar-refractivity contribution in [3.63, 3.8) is 0 Å². The molecule has 1 aliphatic rings. The van der Waals surface area contributed by atoms with Crippen LogP contribution in [0.3, 0.4) is 0 Å². The Hall–Kier alpha value is -1.06. The Kier molecular flexibility index (Phi) is 4.83. The van der Waals surface area contributed by atoms with Gasteiger partial charge in [0.1, 0.15) is 5.75 Å². The zero-order valence-corrected chi connectivity index (χ0v) is 12.3. The largest absolute Gasteiger partial charge is 0.508 e. The lowest BCUT2D eigenvalue weighted by molar-refractivity contribution is 0.0323. The van der Waals surface area contributed by atoms with Crippen LogP contribution < -0.4 is 5.43 Å². The number of phenols is 1. The summed E-state index contributed by atoms with van der Waals surface area (Å²) in [5.41, 5.74) is 4.91. The Morgan fingerprint density at radius 1 is 1.21 bits per heavy atom. The van der Waals surface area contributed by atoms with Gasteiger partial charge in [-0.05, 0) is 57.7 Å². The summed E-state index contributed by atoms with van der Waals surface area (Å²) >= 11 is 0. The summed E-state index contributed by atoms with van der Waals surface area (Å²) in [6, 6.07) is 9.15. The van der Waals surface area contributed by atoms with Gasteiger partial charge in [-0.15, -0.1) is 0 Å². The number of phenolic OH excluding ortho intramolecular Hbond substituents is 1. The predicted molar refractivity (Wildman–Crippen MR) is 79.0 cm³/mol. The normalized spacial score (nSPS) is 26.3. The van der Waals surface area contributed by atoms with Gasteiger partial charge in [-0.25, -0.2) is 5.01 Å². The summed E-state index contributed by atoms with van der Waals surface area (Å²) in [6.07, 6.45) is 4.88. The Bertz CT molecular complexity index is 380. The zero-order valence-electron chi connectivity index (χ0n) is 12.3. The van der Waals surface area contributed by atoms with Gasteiger partial charge >= 0.3 is 0 Å². The maximum Gasteiger partial charge on any atom is 0.115 e. The van der Waals surface area contributed by atoms with Crippen LogP contribution in [0.25, 0.3) is 0 Å². The van der Waals surface area contributed by atoms with Crippen LogP contribution in [0.2, 0.25) is 0 Å². The molecule has 0 saturated carbocycles. The van der Waals surface area contributed by atoms with Crippen molar-refractivity contribution >= 4 is 0 Å². The summed E-state index contributed by atoms with van der Waals surface area (Å²) < 4.78 is 0. The van der Waals surface area contributed by atoms with Gasteiger partial charge in [-0.1, -0.05) is 18.6 Å². The van der Waals surface area contributed by atoms with Crippen LogP contribution in [0, 0.1) is 0 Å². The van der Waals surface area contributed by atoms with Crippen LogP contribution in [-0.4, -0.2) is 28.2 Å². The van der Waals surface area contributed by atoms with Gasteiger partial charge in [0.05, 0.1) is 0 Å². The maximum absolute atomic E-state index is 9.30. The molecule has 1 aromatic rings. The average molecular weight is 262 g/mol. The molecule has 0 bridgehead atoms. The number of piperidine rings is 1. The minimum atomic E-state index is 0.336. The van der Waals surface area contributed by atoms with Crippen molar-refractivity contribution in [2.24, 2.45) is 0 Å². The number of nitrogens with one attached hydrogen (secondary N) is 1. The highest BCUT2D eigenvalue weighted by atomic mass is 16.3. The molecule has 3 unspecified atom stereocenters. The first-order chi connectivity index (χ1) is 9.06. The van der Waals surface area contributed by atoms with Crippen molar-refractivity contribution < 1.29 is 5.11 Å². The molecule has 1 heterocycles. The van der Waals surface area contributed by atoms with Crippen molar-refractivity contribution in [2.45, 2.75) is 64.6 Å². The molecule has 106 valence electrons. The number of aromatic hydroxyl groups is 1. The second-order valence-electron chi connectivity index (χ2n) is 5.94. The van der Waals surface area contributed by atoms with E-state index >= 15 is 0 Å². The molecule has 2 N–H and O–H groups in total. The highest BCUT2D eigenvalue weighted by Crippen LogP contribution is 2.21. The van der Waals surface area contributed by atoms with E-state index < -0.39 is 0 Å². The summed E-state index contributed by atoms with van der Waals surface area (Å²) in [7, 11) is 0. The highest BCUT2D eigenvalue weighted by molar-refractivity contribution is 5.26. The van der Waals surface area contributed by atoms with Gasteiger partial charge < -0.3 is 5.11 Å². The fourth-order valence-electron chi connectivity index (χ4n) is 2.96. The van der Waals surface area contributed by atoms with Gasteiger partial charge in [-0.3, -0.25) is 5.43 Å². The molecular weight excluding hydrogens is 236 g/mol. The molecule has 3 heteroatoms. The lowest BCUT2D eigenvalue weighted by Gasteiger charge is -2.41. The lowest BCUT2D eigenvalue weighted by atomic mass is 9.99. The van der Waals surface area contributed by atoms with Crippen LogP contribution >= 0.6 is 0 Å². The van der Waals surface area contributed by atoms with Crippen molar-refractivity contribution in [1.82, 2.24) is 10.4 Å². The van der Waals surface area contributed by atoms with Gasteiger partial charge in [-0.2, -0.15) is 0 Å². The molecule has 0 amide bonds. The second kappa shape index (κ2) is 6.40. The van der Waals surface area contributed by atoms with Gasteiger partial charge in [0.25, 0.3) is 0 Å². The summed E-state index contributed by atoms with van der Waals surface area (Å²) in [6.45, 7) is 6.83. The smallest absolute Gasteiger partial charge is 0.115 e.